The number of amides is 1. The normalized spacial score (nSPS) is 17.4. The van der Waals surface area contributed by atoms with Crippen molar-refractivity contribution in [3.05, 3.63) is 34.3 Å². The van der Waals surface area contributed by atoms with Gasteiger partial charge in [-0.3, -0.25) is 4.79 Å². The van der Waals surface area contributed by atoms with Gasteiger partial charge in [-0.15, -0.1) is 0 Å². The molecule has 120 valence electrons. The number of ether oxygens (including phenoxy) is 2. The van der Waals surface area contributed by atoms with Crippen LogP contribution in [-0.4, -0.2) is 31.6 Å². The number of carbonyl (C=O) groups is 1. The second-order valence-corrected chi connectivity index (χ2v) is 6.12. The Hall–Kier alpha value is -1.49. The summed E-state index contributed by atoms with van der Waals surface area (Å²) in [5, 5.41) is 0. The van der Waals surface area contributed by atoms with Crippen LogP contribution in [-0.2, 0) is 11.3 Å². The van der Waals surface area contributed by atoms with Crippen molar-refractivity contribution in [2.75, 3.05) is 20.8 Å². The van der Waals surface area contributed by atoms with Crippen molar-refractivity contribution < 1.29 is 14.3 Å². The van der Waals surface area contributed by atoms with Crippen LogP contribution in [0.5, 0.6) is 11.5 Å². The Kier molecular flexibility index (Phi) is 6.31. The van der Waals surface area contributed by atoms with E-state index >= 15 is 0 Å². The lowest BCUT2D eigenvalue weighted by Crippen LogP contribution is -2.31. The molecule has 0 N–H and O–H groups in total. The van der Waals surface area contributed by atoms with Gasteiger partial charge in [0.15, 0.2) is 11.5 Å². The summed E-state index contributed by atoms with van der Waals surface area (Å²) in [5.41, 5.74) is 1.02. The van der Waals surface area contributed by atoms with Gasteiger partial charge in [-0.1, -0.05) is 28.1 Å². The van der Waals surface area contributed by atoms with Gasteiger partial charge in [0.25, 0.3) is 0 Å². The van der Waals surface area contributed by atoms with E-state index in [0.717, 1.165) is 35.8 Å². The molecule has 1 aromatic carbocycles. The van der Waals surface area contributed by atoms with Crippen LogP contribution in [0, 0.1) is 0 Å². The second kappa shape index (κ2) is 8.22. The summed E-state index contributed by atoms with van der Waals surface area (Å²) in [5.74, 6) is 1.57. The van der Waals surface area contributed by atoms with Gasteiger partial charge in [-0.25, -0.2) is 0 Å². The number of hydrogen-bond donors (Lipinski definition) is 0. The fourth-order valence-electron chi connectivity index (χ4n) is 2.51. The first kappa shape index (κ1) is 16.9. The number of carbonyl (C=O) groups excluding carboxylic acids is 1. The summed E-state index contributed by atoms with van der Waals surface area (Å²) in [6.45, 7) is 1.32. The lowest BCUT2D eigenvalue weighted by molar-refractivity contribution is -0.131. The Morgan fingerprint density at radius 2 is 1.82 bits per heavy atom. The molecular formula is C17H22BrNO3. The highest BCUT2D eigenvalue weighted by Gasteiger charge is 2.17. The van der Waals surface area contributed by atoms with E-state index in [4.69, 9.17) is 9.47 Å². The topological polar surface area (TPSA) is 38.8 Å². The minimum Gasteiger partial charge on any atom is -0.493 e. The quantitative estimate of drug-likeness (QED) is 0.756. The van der Waals surface area contributed by atoms with Gasteiger partial charge in [-0.05, 0) is 37.0 Å². The van der Waals surface area contributed by atoms with Crippen LogP contribution in [0.1, 0.15) is 31.2 Å². The molecule has 0 fully saturated rings. The summed E-state index contributed by atoms with van der Waals surface area (Å²) < 4.78 is 11.6. The molecule has 0 radical (unpaired) electrons. The first-order valence-electron chi connectivity index (χ1n) is 7.49. The highest BCUT2D eigenvalue weighted by molar-refractivity contribution is 9.10. The molecule has 0 saturated carbocycles. The highest BCUT2D eigenvalue weighted by Crippen LogP contribution is 2.34. The van der Waals surface area contributed by atoms with Crippen LogP contribution in [0.4, 0.5) is 0 Å². The molecule has 1 aliphatic heterocycles. The zero-order chi connectivity index (χ0) is 15.9. The number of rotatable bonds is 4. The van der Waals surface area contributed by atoms with Gasteiger partial charge in [-0.2, -0.15) is 0 Å². The number of halogens is 1. The molecule has 0 aliphatic carbocycles. The number of methoxy groups -OCH3 is 2. The summed E-state index contributed by atoms with van der Waals surface area (Å²) >= 11 is 3.56. The van der Waals surface area contributed by atoms with E-state index in [9.17, 15) is 4.79 Å². The molecule has 1 amide bonds. The Bertz CT molecular complexity index is 557. The van der Waals surface area contributed by atoms with Gasteiger partial charge >= 0.3 is 0 Å². The Balaban J connectivity index is 2.20. The van der Waals surface area contributed by atoms with E-state index < -0.39 is 0 Å². The molecule has 5 heteroatoms. The third-order valence-electron chi connectivity index (χ3n) is 3.76. The maximum absolute atomic E-state index is 12.3. The van der Waals surface area contributed by atoms with Crippen LogP contribution >= 0.6 is 15.9 Å². The van der Waals surface area contributed by atoms with E-state index in [1.165, 1.54) is 0 Å². The molecule has 0 atom stereocenters. The van der Waals surface area contributed by atoms with E-state index in [-0.39, 0.29) is 5.91 Å². The zero-order valence-corrected chi connectivity index (χ0v) is 14.7. The molecule has 1 aromatic rings. The monoisotopic (exact) mass is 367 g/mol. The summed E-state index contributed by atoms with van der Waals surface area (Å²) in [6.07, 6.45) is 7.74. The average molecular weight is 368 g/mol. The van der Waals surface area contributed by atoms with E-state index in [2.05, 4.69) is 28.1 Å². The molecule has 0 spiro atoms. The van der Waals surface area contributed by atoms with E-state index in [0.29, 0.717) is 24.5 Å². The van der Waals surface area contributed by atoms with Crippen LogP contribution in [0.15, 0.2) is 28.8 Å². The predicted molar refractivity (Wildman–Crippen MR) is 90.3 cm³/mol. The van der Waals surface area contributed by atoms with Crippen molar-refractivity contribution in [3.8, 4) is 11.5 Å². The highest BCUT2D eigenvalue weighted by atomic mass is 79.9. The molecule has 4 nitrogen and oxygen atoms in total. The van der Waals surface area contributed by atoms with Crippen molar-refractivity contribution in [3.63, 3.8) is 0 Å². The van der Waals surface area contributed by atoms with Gasteiger partial charge in [0.05, 0.1) is 14.2 Å². The molecular weight excluding hydrogens is 346 g/mol. The smallest absolute Gasteiger partial charge is 0.222 e. The lowest BCUT2D eigenvalue weighted by Gasteiger charge is -2.23. The SMILES string of the molecule is COc1cc(Br)c(CN2CC/C=C/CCCC2=O)cc1OC. The third kappa shape index (κ3) is 4.26. The number of benzene rings is 1. The molecule has 0 unspecified atom stereocenters. The Labute approximate surface area is 140 Å². The number of nitrogens with zero attached hydrogens (tertiary/aromatic N) is 1. The van der Waals surface area contributed by atoms with Crippen LogP contribution < -0.4 is 9.47 Å². The van der Waals surface area contributed by atoms with Crippen molar-refractivity contribution >= 4 is 21.8 Å². The molecule has 0 bridgehead atoms. The van der Waals surface area contributed by atoms with Crippen LogP contribution in [0.3, 0.4) is 0 Å². The fourth-order valence-corrected chi connectivity index (χ4v) is 2.96. The largest absolute Gasteiger partial charge is 0.493 e. The number of hydrogen-bond acceptors (Lipinski definition) is 3. The summed E-state index contributed by atoms with van der Waals surface area (Å²) in [6, 6.07) is 3.81. The zero-order valence-electron chi connectivity index (χ0n) is 13.1. The van der Waals surface area contributed by atoms with Crippen LogP contribution in [0.2, 0.25) is 0 Å². The third-order valence-corrected chi connectivity index (χ3v) is 4.50. The maximum atomic E-state index is 12.3. The summed E-state index contributed by atoms with van der Waals surface area (Å²) in [7, 11) is 3.23. The molecule has 0 aromatic heterocycles. The Morgan fingerprint density at radius 1 is 1.14 bits per heavy atom. The average Bonchev–Trinajstić information content (AvgIpc) is 2.62. The van der Waals surface area contributed by atoms with E-state index in [1.807, 2.05) is 17.0 Å². The van der Waals surface area contributed by atoms with Crippen LogP contribution in [0.25, 0.3) is 0 Å². The second-order valence-electron chi connectivity index (χ2n) is 5.27. The molecule has 2 rings (SSSR count). The first-order valence-corrected chi connectivity index (χ1v) is 8.28. The van der Waals surface area contributed by atoms with Crippen molar-refractivity contribution in [2.24, 2.45) is 0 Å². The van der Waals surface area contributed by atoms with Gasteiger partial charge in [0.2, 0.25) is 5.91 Å². The van der Waals surface area contributed by atoms with Crippen molar-refractivity contribution in [1.29, 1.82) is 0 Å². The molecule has 0 saturated heterocycles. The standard InChI is InChI=1S/C17H22BrNO3/c1-21-15-10-13(14(18)11-16(15)22-2)12-19-9-7-5-3-4-6-8-17(19)20/h3,5,10-11H,4,6-9,12H2,1-2H3/b5-3+. The van der Waals surface area contributed by atoms with E-state index in [1.54, 1.807) is 14.2 Å². The number of allylic oxidation sites excluding steroid dienone is 1. The minimum atomic E-state index is 0.213. The molecule has 1 heterocycles. The van der Waals surface area contributed by atoms with Gasteiger partial charge in [0, 0.05) is 24.0 Å². The minimum absolute atomic E-state index is 0.213. The molecule has 22 heavy (non-hydrogen) atoms. The first-order chi connectivity index (χ1) is 10.7. The van der Waals surface area contributed by atoms with Crippen molar-refractivity contribution in [1.82, 2.24) is 4.90 Å². The van der Waals surface area contributed by atoms with Gasteiger partial charge in [0.1, 0.15) is 0 Å². The Morgan fingerprint density at radius 3 is 2.55 bits per heavy atom. The predicted octanol–water partition coefficient (Wildman–Crippen LogP) is 3.93. The molecule has 1 aliphatic rings. The summed E-state index contributed by atoms with van der Waals surface area (Å²) in [4.78, 5) is 14.3. The lowest BCUT2D eigenvalue weighted by atomic mass is 10.1. The fraction of sp³-hybridized carbons (Fsp3) is 0.471. The maximum Gasteiger partial charge on any atom is 0.222 e. The van der Waals surface area contributed by atoms with Crippen molar-refractivity contribution in [2.45, 2.75) is 32.2 Å². The van der Waals surface area contributed by atoms with Gasteiger partial charge < -0.3 is 14.4 Å².